The summed E-state index contributed by atoms with van der Waals surface area (Å²) in [7, 11) is 1.87. The number of ketones is 1. The summed E-state index contributed by atoms with van der Waals surface area (Å²) >= 11 is 0. The fourth-order valence-corrected chi connectivity index (χ4v) is 3.78. The first kappa shape index (κ1) is 14.4. The van der Waals surface area contributed by atoms with Gasteiger partial charge in [-0.15, -0.1) is 0 Å². The molecule has 0 saturated carbocycles. The van der Waals surface area contributed by atoms with Crippen molar-refractivity contribution in [2.75, 3.05) is 18.0 Å². The Bertz CT molecular complexity index is 738. The van der Waals surface area contributed by atoms with Crippen molar-refractivity contribution >= 4 is 11.6 Å². The third-order valence-electron chi connectivity index (χ3n) is 4.99. The largest absolute Gasteiger partial charge is 0.356 e. The lowest BCUT2D eigenvalue weighted by Crippen LogP contribution is -2.40. The lowest BCUT2D eigenvalue weighted by Gasteiger charge is -2.33. The van der Waals surface area contributed by atoms with E-state index in [4.69, 9.17) is 0 Å². The maximum atomic E-state index is 12.7. The fraction of sp³-hybridized carbons (Fsp3) is 0.529. The molecule has 1 fully saturated rings. The highest BCUT2D eigenvalue weighted by molar-refractivity contribution is 5.95. The van der Waals surface area contributed by atoms with Crippen LogP contribution in [-0.4, -0.2) is 38.4 Å². The molecule has 0 unspecified atom stereocenters. The van der Waals surface area contributed by atoms with Crippen LogP contribution in [0.5, 0.6) is 0 Å². The lowest BCUT2D eigenvalue weighted by molar-refractivity contribution is 0.0893. The van der Waals surface area contributed by atoms with Crippen LogP contribution in [0.25, 0.3) is 0 Å². The molecule has 0 N–H and O–H groups in total. The van der Waals surface area contributed by atoms with Crippen molar-refractivity contribution in [2.45, 2.75) is 32.1 Å². The van der Waals surface area contributed by atoms with E-state index in [9.17, 15) is 4.79 Å². The van der Waals surface area contributed by atoms with Crippen LogP contribution in [0.1, 0.15) is 41.1 Å². The smallest absolute Gasteiger partial charge is 0.203 e. The van der Waals surface area contributed by atoms with E-state index in [0.29, 0.717) is 5.82 Å². The van der Waals surface area contributed by atoms with Gasteiger partial charge in [0.2, 0.25) is 5.78 Å². The molecule has 3 heterocycles. The first-order chi connectivity index (χ1) is 11.2. The first-order valence-corrected chi connectivity index (χ1v) is 8.33. The van der Waals surface area contributed by atoms with Crippen molar-refractivity contribution in [3.63, 3.8) is 0 Å². The van der Waals surface area contributed by atoms with Gasteiger partial charge < -0.3 is 9.47 Å². The van der Waals surface area contributed by atoms with Gasteiger partial charge in [-0.1, -0.05) is 0 Å². The zero-order valence-electron chi connectivity index (χ0n) is 13.4. The third kappa shape index (κ3) is 2.52. The second kappa shape index (κ2) is 5.76. The standard InChI is InChI=1S/C17H21N5O/c1-21-9-7-18-17(21)15(23)12-4-3-8-22(10-12)16-13-5-2-6-14(13)19-11-20-16/h7,9,11-12H,2-6,8,10H2,1H3/t12-/m0/s1. The van der Waals surface area contributed by atoms with Gasteiger partial charge in [0, 0.05) is 49.7 Å². The molecule has 2 aromatic heterocycles. The fourth-order valence-electron chi connectivity index (χ4n) is 3.78. The van der Waals surface area contributed by atoms with Gasteiger partial charge in [-0.25, -0.2) is 15.0 Å². The predicted molar refractivity (Wildman–Crippen MR) is 86.5 cm³/mol. The summed E-state index contributed by atoms with van der Waals surface area (Å²) in [6, 6.07) is 0. The number of rotatable bonds is 3. The van der Waals surface area contributed by atoms with Crippen LogP contribution in [-0.2, 0) is 19.9 Å². The van der Waals surface area contributed by atoms with Crippen LogP contribution in [0.15, 0.2) is 18.7 Å². The molecule has 23 heavy (non-hydrogen) atoms. The van der Waals surface area contributed by atoms with Crippen LogP contribution in [0, 0.1) is 5.92 Å². The lowest BCUT2D eigenvalue weighted by atomic mass is 9.93. The van der Waals surface area contributed by atoms with Crippen LogP contribution in [0.3, 0.4) is 0 Å². The Hall–Kier alpha value is -2.24. The van der Waals surface area contributed by atoms with Gasteiger partial charge in [-0.2, -0.15) is 0 Å². The number of aromatic nitrogens is 4. The number of carbonyl (C=O) groups is 1. The zero-order valence-corrected chi connectivity index (χ0v) is 13.4. The second-order valence-corrected chi connectivity index (χ2v) is 6.49. The van der Waals surface area contributed by atoms with E-state index >= 15 is 0 Å². The first-order valence-electron chi connectivity index (χ1n) is 8.33. The summed E-state index contributed by atoms with van der Waals surface area (Å²) in [5.74, 6) is 1.75. The highest BCUT2D eigenvalue weighted by atomic mass is 16.1. The molecule has 6 nitrogen and oxygen atoms in total. The number of aryl methyl sites for hydroxylation is 2. The van der Waals surface area contributed by atoms with Crippen molar-refractivity contribution in [2.24, 2.45) is 13.0 Å². The second-order valence-electron chi connectivity index (χ2n) is 6.49. The highest BCUT2D eigenvalue weighted by Gasteiger charge is 2.31. The van der Waals surface area contributed by atoms with Crippen molar-refractivity contribution in [1.29, 1.82) is 0 Å². The highest BCUT2D eigenvalue weighted by Crippen LogP contribution is 2.31. The minimum atomic E-state index is -0.00290. The summed E-state index contributed by atoms with van der Waals surface area (Å²) in [4.78, 5) is 28.2. The molecule has 0 aromatic carbocycles. The Balaban J connectivity index is 1.57. The maximum absolute atomic E-state index is 12.7. The van der Waals surface area contributed by atoms with Gasteiger partial charge in [0.1, 0.15) is 12.1 Å². The number of hydrogen-bond acceptors (Lipinski definition) is 5. The molecule has 2 aromatic rings. The van der Waals surface area contributed by atoms with Crippen molar-refractivity contribution in [3.8, 4) is 0 Å². The van der Waals surface area contributed by atoms with E-state index in [1.807, 2.05) is 17.8 Å². The third-order valence-corrected chi connectivity index (χ3v) is 4.99. The number of nitrogens with zero attached hydrogens (tertiary/aromatic N) is 5. The SMILES string of the molecule is Cn1ccnc1C(=O)[C@H]1CCCN(c2ncnc3c2CCC3)C1. The van der Waals surface area contributed by atoms with E-state index in [2.05, 4.69) is 19.9 Å². The molecule has 0 radical (unpaired) electrons. The number of Topliss-reactive ketones (excluding diaryl/α,β-unsaturated/α-hetero) is 1. The van der Waals surface area contributed by atoms with Gasteiger partial charge in [-0.05, 0) is 32.1 Å². The summed E-state index contributed by atoms with van der Waals surface area (Å²) in [5, 5.41) is 0. The molecule has 1 atom stereocenters. The number of carbonyl (C=O) groups excluding carboxylic acids is 1. The Kier molecular flexibility index (Phi) is 3.59. The normalized spacial score (nSPS) is 20.6. The van der Waals surface area contributed by atoms with Gasteiger partial charge >= 0.3 is 0 Å². The Morgan fingerprint density at radius 3 is 2.96 bits per heavy atom. The van der Waals surface area contributed by atoms with Crippen LogP contribution < -0.4 is 4.90 Å². The molecule has 1 aliphatic heterocycles. The van der Waals surface area contributed by atoms with Crippen molar-refractivity contribution in [3.05, 3.63) is 35.8 Å². The van der Waals surface area contributed by atoms with Gasteiger partial charge in [-0.3, -0.25) is 4.79 Å². The van der Waals surface area contributed by atoms with Gasteiger partial charge in [0.05, 0.1) is 0 Å². The van der Waals surface area contributed by atoms with E-state index in [1.54, 1.807) is 12.5 Å². The quantitative estimate of drug-likeness (QED) is 0.809. The molecule has 6 heteroatoms. The Labute approximate surface area is 135 Å². The molecular weight excluding hydrogens is 290 g/mol. The molecule has 1 aliphatic carbocycles. The molecule has 120 valence electrons. The van der Waals surface area contributed by atoms with Crippen LogP contribution in [0.2, 0.25) is 0 Å². The van der Waals surface area contributed by atoms with Crippen LogP contribution in [0.4, 0.5) is 5.82 Å². The molecule has 0 spiro atoms. The number of anilines is 1. The van der Waals surface area contributed by atoms with Crippen molar-refractivity contribution in [1.82, 2.24) is 19.5 Å². The summed E-state index contributed by atoms with van der Waals surface area (Å²) in [6.07, 6.45) is 10.4. The average Bonchev–Trinajstić information content (AvgIpc) is 3.22. The molecule has 4 rings (SSSR count). The van der Waals surface area contributed by atoms with Gasteiger partial charge in [0.25, 0.3) is 0 Å². The molecule has 0 amide bonds. The van der Waals surface area contributed by atoms with E-state index < -0.39 is 0 Å². The average molecular weight is 311 g/mol. The number of imidazole rings is 1. The summed E-state index contributed by atoms with van der Waals surface area (Å²) in [6.45, 7) is 1.70. The monoisotopic (exact) mass is 311 g/mol. The zero-order chi connectivity index (χ0) is 15.8. The van der Waals surface area contributed by atoms with Crippen LogP contribution >= 0.6 is 0 Å². The summed E-state index contributed by atoms with van der Waals surface area (Å²) in [5.41, 5.74) is 2.48. The maximum Gasteiger partial charge on any atom is 0.203 e. The van der Waals surface area contributed by atoms with E-state index in [-0.39, 0.29) is 11.7 Å². The van der Waals surface area contributed by atoms with Crippen molar-refractivity contribution < 1.29 is 4.79 Å². The molecule has 1 saturated heterocycles. The summed E-state index contributed by atoms with van der Waals surface area (Å²) < 4.78 is 1.81. The molecule has 2 aliphatic rings. The predicted octanol–water partition coefficient (Wildman–Crippen LogP) is 1.80. The van der Waals surface area contributed by atoms with Gasteiger partial charge in [0.15, 0.2) is 5.82 Å². The van der Waals surface area contributed by atoms with E-state index in [1.165, 1.54) is 11.3 Å². The Morgan fingerprint density at radius 1 is 1.22 bits per heavy atom. The Morgan fingerprint density at radius 2 is 2.13 bits per heavy atom. The minimum absolute atomic E-state index is 0.00290. The topological polar surface area (TPSA) is 63.9 Å². The number of fused-ring (bicyclic) bond motifs is 1. The minimum Gasteiger partial charge on any atom is -0.356 e. The van der Waals surface area contributed by atoms with E-state index in [0.717, 1.165) is 51.0 Å². The molecular formula is C17H21N5O. The number of hydrogen-bond donors (Lipinski definition) is 0. The molecule has 0 bridgehead atoms. The number of piperidine rings is 1.